The van der Waals surface area contributed by atoms with Crippen LogP contribution in [0.1, 0.15) is 18.9 Å². The lowest BCUT2D eigenvalue weighted by atomic mass is 10.2. The first-order chi connectivity index (χ1) is 7.38. The van der Waals surface area contributed by atoms with E-state index >= 15 is 0 Å². The van der Waals surface area contributed by atoms with Gasteiger partial charge in [0.1, 0.15) is 0 Å². The molecule has 0 unspecified atom stereocenters. The summed E-state index contributed by atoms with van der Waals surface area (Å²) in [5, 5.41) is 0. The molecule has 1 saturated heterocycles. The summed E-state index contributed by atoms with van der Waals surface area (Å²) < 4.78 is 0. The van der Waals surface area contributed by atoms with Crippen LogP contribution in [0.2, 0.25) is 0 Å². The van der Waals surface area contributed by atoms with Crippen LogP contribution in [0.15, 0.2) is 30.3 Å². The minimum absolute atomic E-state index is 1.10. The fraction of sp³-hybridized carbons (Fsp3) is 0.538. The third-order valence-electron chi connectivity index (χ3n) is 2.92. The van der Waals surface area contributed by atoms with Gasteiger partial charge in [0.2, 0.25) is 0 Å². The van der Waals surface area contributed by atoms with Crippen LogP contribution in [0.25, 0.3) is 0 Å². The molecule has 0 N–H and O–H groups in total. The molecule has 1 fully saturated rings. The number of benzene rings is 1. The van der Waals surface area contributed by atoms with Gasteiger partial charge in [0, 0.05) is 19.6 Å². The summed E-state index contributed by atoms with van der Waals surface area (Å²) in [6.45, 7) is 8.19. The van der Waals surface area contributed by atoms with Crippen LogP contribution >= 0.6 is 0 Å². The van der Waals surface area contributed by atoms with Crippen molar-refractivity contribution in [3.05, 3.63) is 35.9 Å². The quantitative estimate of drug-likeness (QED) is 0.741. The van der Waals surface area contributed by atoms with Crippen molar-refractivity contribution in [1.82, 2.24) is 9.80 Å². The van der Waals surface area contributed by atoms with Gasteiger partial charge in [-0.1, -0.05) is 37.3 Å². The molecule has 1 aromatic rings. The van der Waals surface area contributed by atoms with E-state index < -0.39 is 0 Å². The highest BCUT2D eigenvalue weighted by Crippen LogP contribution is 2.10. The first-order valence-corrected chi connectivity index (χ1v) is 5.87. The molecule has 0 bridgehead atoms. The molecule has 1 aliphatic heterocycles. The SMILES string of the molecule is CCCN1CCN(Cc2ccccc2)C1. The second-order valence-electron chi connectivity index (χ2n) is 4.30. The number of rotatable bonds is 4. The van der Waals surface area contributed by atoms with Crippen LogP contribution < -0.4 is 0 Å². The van der Waals surface area contributed by atoms with Crippen molar-refractivity contribution in [2.75, 3.05) is 26.3 Å². The van der Waals surface area contributed by atoms with E-state index in [9.17, 15) is 0 Å². The predicted molar refractivity (Wildman–Crippen MR) is 63.6 cm³/mol. The van der Waals surface area contributed by atoms with Gasteiger partial charge < -0.3 is 0 Å². The highest BCUT2D eigenvalue weighted by molar-refractivity contribution is 5.14. The Morgan fingerprint density at radius 3 is 2.53 bits per heavy atom. The highest BCUT2D eigenvalue weighted by atomic mass is 15.4. The molecule has 82 valence electrons. The van der Waals surface area contributed by atoms with Crippen molar-refractivity contribution >= 4 is 0 Å². The summed E-state index contributed by atoms with van der Waals surface area (Å²) in [6.07, 6.45) is 1.26. The lowest BCUT2D eigenvalue weighted by Crippen LogP contribution is -2.25. The van der Waals surface area contributed by atoms with E-state index in [-0.39, 0.29) is 0 Å². The molecule has 0 aromatic heterocycles. The van der Waals surface area contributed by atoms with Gasteiger partial charge in [0.05, 0.1) is 6.67 Å². The van der Waals surface area contributed by atoms with Crippen LogP contribution in [-0.2, 0) is 6.54 Å². The maximum absolute atomic E-state index is 2.53. The van der Waals surface area contributed by atoms with E-state index in [2.05, 4.69) is 47.1 Å². The van der Waals surface area contributed by atoms with Gasteiger partial charge in [0.15, 0.2) is 0 Å². The standard InChI is InChI=1S/C13H20N2/c1-2-8-14-9-10-15(12-14)11-13-6-4-3-5-7-13/h3-7H,2,8-12H2,1H3. The third-order valence-corrected chi connectivity index (χ3v) is 2.92. The molecule has 0 radical (unpaired) electrons. The molecule has 0 aliphatic carbocycles. The lowest BCUT2D eigenvalue weighted by Gasteiger charge is -2.17. The summed E-state index contributed by atoms with van der Waals surface area (Å²) in [4.78, 5) is 5.05. The van der Waals surface area contributed by atoms with Crippen molar-refractivity contribution in [2.24, 2.45) is 0 Å². The fourth-order valence-corrected chi connectivity index (χ4v) is 2.18. The summed E-state index contributed by atoms with van der Waals surface area (Å²) >= 11 is 0. The number of nitrogens with zero attached hydrogens (tertiary/aromatic N) is 2. The molecule has 0 saturated carbocycles. The zero-order valence-corrected chi connectivity index (χ0v) is 9.52. The Kier molecular flexibility index (Phi) is 3.75. The Balaban J connectivity index is 1.82. The van der Waals surface area contributed by atoms with Crippen molar-refractivity contribution in [2.45, 2.75) is 19.9 Å². The average molecular weight is 204 g/mol. The van der Waals surface area contributed by atoms with Crippen LogP contribution in [0.4, 0.5) is 0 Å². The number of hydrogen-bond acceptors (Lipinski definition) is 2. The molecule has 15 heavy (non-hydrogen) atoms. The largest absolute Gasteiger partial charge is 0.289 e. The Bertz CT molecular complexity index is 284. The van der Waals surface area contributed by atoms with Crippen LogP contribution in [-0.4, -0.2) is 36.1 Å². The molecule has 0 atom stereocenters. The van der Waals surface area contributed by atoms with Crippen LogP contribution in [0.3, 0.4) is 0 Å². The Morgan fingerprint density at radius 1 is 1.07 bits per heavy atom. The van der Waals surface area contributed by atoms with Crippen LogP contribution in [0, 0.1) is 0 Å². The molecule has 2 nitrogen and oxygen atoms in total. The molecule has 2 rings (SSSR count). The maximum Gasteiger partial charge on any atom is 0.0510 e. The topological polar surface area (TPSA) is 6.48 Å². The second kappa shape index (κ2) is 5.29. The fourth-order valence-electron chi connectivity index (χ4n) is 2.18. The maximum atomic E-state index is 2.53. The minimum Gasteiger partial charge on any atom is -0.289 e. The van der Waals surface area contributed by atoms with E-state index in [1.165, 1.54) is 31.6 Å². The molecule has 0 spiro atoms. The smallest absolute Gasteiger partial charge is 0.0510 e. The van der Waals surface area contributed by atoms with Gasteiger partial charge in [0.25, 0.3) is 0 Å². The lowest BCUT2D eigenvalue weighted by molar-refractivity contribution is 0.241. The first kappa shape index (κ1) is 10.7. The van der Waals surface area contributed by atoms with Crippen molar-refractivity contribution in [1.29, 1.82) is 0 Å². The van der Waals surface area contributed by atoms with Crippen LogP contribution in [0.5, 0.6) is 0 Å². The Hall–Kier alpha value is -0.860. The first-order valence-electron chi connectivity index (χ1n) is 5.87. The van der Waals surface area contributed by atoms with Gasteiger partial charge >= 0.3 is 0 Å². The van der Waals surface area contributed by atoms with Crippen molar-refractivity contribution < 1.29 is 0 Å². The average Bonchev–Trinajstić information content (AvgIpc) is 2.68. The zero-order chi connectivity index (χ0) is 10.5. The third kappa shape index (κ3) is 3.05. The zero-order valence-electron chi connectivity index (χ0n) is 9.52. The van der Waals surface area contributed by atoms with Gasteiger partial charge in [-0.25, -0.2) is 0 Å². The van der Waals surface area contributed by atoms with E-state index in [0.29, 0.717) is 0 Å². The molecule has 1 aliphatic rings. The van der Waals surface area contributed by atoms with E-state index in [1.54, 1.807) is 0 Å². The highest BCUT2D eigenvalue weighted by Gasteiger charge is 2.18. The molecular weight excluding hydrogens is 184 g/mol. The predicted octanol–water partition coefficient (Wildman–Crippen LogP) is 2.17. The summed E-state index contributed by atoms with van der Waals surface area (Å²) in [7, 11) is 0. The molecule has 1 aromatic carbocycles. The Labute approximate surface area is 92.5 Å². The van der Waals surface area contributed by atoms with Crippen molar-refractivity contribution in [3.8, 4) is 0 Å². The van der Waals surface area contributed by atoms with Gasteiger partial charge in [-0.05, 0) is 18.5 Å². The summed E-state index contributed by atoms with van der Waals surface area (Å²) in [5.74, 6) is 0. The van der Waals surface area contributed by atoms with E-state index in [0.717, 1.165) is 13.2 Å². The van der Waals surface area contributed by atoms with Crippen molar-refractivity contribution in [3.63, 3.8) is 0 Å². The van der Waals surface area contributed by atoms with E-state index in [4.69, 9.17) is 0 Å². The molecule has 0 amide bonds. The van der Waals surface area contributed by atoms with Gasteiger partial charge in [-0.3, -0.25) is 9.80 Å². The molecule has 2 heteroatoms. The van der Waals surface area contributed by atoms with E-state index in [1.807, 2.05) is 0 Å². The van der Waals surface area contributed by atoms with Gasteiger partial charge in [-0.15, -0.1) is 0 Å². The summed E-state index contributed by atoms with van der Waals surface area (Å²) in [5.41, 5.74) is 1.43. The molecule has 1 heterocycles. The molecular formula is C13H20N2. The normalized spacial score (nSPS) is 18.5. The second-order valence-corrected chi connectivity index (χ2v) is 4.30. The monoisotopic (exact) mass is 204 g/mol. The minimum atomic E-state index is 1.10. The number of hydrogen-bond donors (Lipinski definition) is 0. The van der Waals surface area contributed by atoms with Gasteiger partial charge in [-0.2, -0.15) is 0 Å². The summed E-state index contributed by atoms with van der Waals surface area (Å²) in [6, 6.07) is 10.7. The Morgan fingerprint density at radius 2 is 1.80 bits per heavy atom.